The van der Waals surface area contributed by atoms with E-state index in [1.54, 1.807) is 0 Å². The van der Waals surface area contributed by atoms with Gasteiger partial charge in [0.2, 0.25) is 0 Å². The van der Waals surface area contributed by atoms with Crippen molar-refractivity contribution < 1.29 is 9.50 Å². The second-order valence-electron chi connectivity index (χ2n) is 3.10. The quantitative estimate of drug-likeness (QED) is 0.837. The van der Waals surface area contributed by atoms with Crippen LogP contribution >= 0.6 is 22.6 Å². The number of rotatable bonds is 4. The van der Waals surface area contributed by atoms with Crippen molar-refractivity contribution in [2.24, 2.45) is 0 Å². The van der Waals surface area contributed by atoms with Gasteiger partial charge in [-0.15, -0.1) is 0 Å². The number of alkyl halides is 1. The van der Waals surface area contributed by atoms with Gasteiger partial charge in [-0.25, -0.2) is 4.39 Å². The molecule has 14 heavy (non-hydrogen) atoms. The van der Waals surface area contributed by atoms with Crippen molar-refractivity contribution in [1.82, 2.24) is 0 Å². The van der Waals surface area contributed by atoms with Gasteiger partial charge in [0.25, 0.3) is 0 Å². The third-order valence-electron chi connectivity index (χ3n) is 1.97. The van der Waals surface area contributed by atoms with Crippen LogP contribution in [0.15, 0.2) is 18.2 Å². The summed E-state index contributed by atoms with van der Waals surface area (Å²) in [6, 6.07) is 5.86. The highest BCUT2D eigenvalue weighted by Gasteiger charge is 2.04. The van der Waals surface area contributed by atoms with Crippen LogP contribution < -0.4 is 5.32 Å². The van der Waals surface area contributed by atoms with Crippen LogP contribution in [0.2, 0.25) is 0 Å². The number of halogens is 2. The largest absolute Gasteiger partial charge is 0.389 e. The van der Waals surface area contributed by atoms with Crippen LogP contribution in [0.4, 0.5) is 10.1 Å². The van der Waals surface area contributed by atoms with Crippen LogP contribution in [0, 0.1) is 10.5 Å². The van der Waals surface area contributed by atoms with Gasteiger partial charge in [0, 0.05) is 15.8 Å². The van der Waals surface area contributed by atoms with E-state index >= 15 is 0 Å². The van der Waals surface area contributed by atoms with Gasteiger partial charge in [-0.3, -0.25) is 0 Å². The third kappa shape index (κ3) is 3.09. The van der Waals surface area contributed by atoms with Gasteiger partial charge in [0.1, 0.15) is 6.67 Å². The van der Waals surface area contributed by atoms with Crippen LogP contribution in [0.1, 0.15) is 5.56 Å². The molecule has 2 N–H and O–H groups in total. The Morgan fingerprint density at radius 3 is 2.93 bits per heavy atom. The standard InChI is InChI=1S/C10H13FINO/c1-7-9(12)3-2-4-10(7)13-6-8(14)5-11/h2-4,8,13-14H,5-6H2,1H3. The molecule has 78 valence electrons. The first-order valence-corrected chi connectivity index (χ1v) is 5.46. The van der Waals surface area contributed by atoms with E-state index in [1.807, 2.05) is 25.1 Å². The summed E-state index contributed by atoms with van der Waals surface area (Å²) in [6.07, 6.45) is -0.924. The number of benzene rings is 1. The lowest BCUT2D eigenvalue weighted by Crippen LogP contribution is -2.21. The Morgan fingerprint density at radius 1 is 1.57 bits per heavy atom. The predicted molar refractivity (Wildman–Crippen MR) is 64.4 cm³/mol. The molecule has 2 nitrogen and oxygen atoms in total. The molecule has 1 atom stereocenters. The lowest BCUT2D eigenvalue weighted by molar-refractivity contribution is 0.151. The average Bonchev–Trinajstić information content (AvgIpc) is 2.20. The Morgan fingerprint density at radius 2 is 2.29 bits per heavy atom. The molecule has 0 bridgehead atoms. The Labute approximate surface area is 96.7 Å². The fourth-order valence-corrected chi connectivity index (χ4v) is 1.58. The van der Waals surface area contributed by atoms with Gasteiger partial charge in [-0.1, -0.05) is 6.07 Å². The normalized spacial score (nSPS) is 12.6. The molecule has 0 aromatic heterocycles. The van der Waals surface area contributed by atoms with Crippen molar-refractivity contribution in [2.75, 3.05) is 18.5 Å². The molecule has 0 spiro atoms. The molecule has 0 aliphatic rings. The van der Waals surface area contributed by atoms with E-state index in [4.69, 9.17) is 5.11 Å². The maximum atomic E-state index is 12.0. The summed E-state index contributed by atoms with van der Waals surface area (Å²) in [4.78, 5) is 0. The molecule has 0 saturated carbocycles. The van der Waals surface area contributed by atoms with Crippen molar-refractivity contribution >= 4 is 28.3 Å². The van der Waals surface area contributed by atoms with Crippen molar-refractivity contribution in [3.63, 3.8) is 0 Å². The molecular formula is C10H13FINO. The molecular weight excluding hydrogens is 296 g/mol. The molecule has 1 unspecified atom stereocenters. The summed E-state index contributed by atoms with van der Waals surface area (Å²) in [5, 5.41) is 12.0. The topological polar surface area (TPSA) is 32.3 Å². The fraction of sp³-hybridized carbons (Fsp3) is 0.400. The molecule has 0 fully saturated rings. The monoisotopic (exact) mass is 309 g/mol. The SMILES string of the molecule is Cc1c(I)cccc1NCC(O)CF. The second-order valence-corrected chi connectivity index (χ2v) is 4.26. The average molecular weight is 309 g/mol. The molecule has 0 amide bonds. The zero-order valence-corrected chi connectivity index (χ0v) is 10.1. The first kappa shape index (κ1) is 11.7. The summed E-state index contributed by atoms with van der Waals surface area (Å²) in [5.41, 5.74) is 2.07. The summed E-state index contributed by atoms with van der Waals surface area (Å²) < 4.78 is 13.1. The lowest BCUT2D eigenvalue weighted by Gasteiger charge is -2.12. The molecule has 0 aliphatic heterocycles. The summed E-state index contributed by atoms with van der Waals surface area (Å²) in [5.74, 6) is 0. The number of nitrogens with one attached hydrogen (secondary N) is 1. The number of aliphatic hydroxyl groups excluding tert-OH is 1. The Hall–Kier alpha value is -0.360. The van der Waals surface area contributed by atoms with Gasteiger partial charge in [-0.05, 0) is 47.2 Å². The van der Waals surface area contributed by atoms with Crippen molar-refractivity contribution in [3.8, 4) is 0 Å². The first-order valence-electron chi connectivity index (χ1n) is 4.38. The lowest BCUT2D eigenvalue weighted by atomic mass is 10.2. The van der Waals surface area contributed by atoms with Crippen molar-refractivity contribution in [1.29, 1.82) is 0 Å². The van der Waals surface area contributed by atoms with Crippen LogP contribution in [0.5, 0.6) is 0 Å². The van der Waals surface area contributed by atoms with Crippen LogP contribution in [-0.4, -0.2) is 24.4 Å². The van der Waals surface area contributed by atoms with E-state index < -0.39 is 12.8 Å². The minimum atomic E-state index is -0.924. The summed E-state index contributed by atoms with van der Waals surface area (Å²) >= 11 is 2.24. The van der Waals surface area contributed by atoms with Crippen molar-refractivity contribution in [3.05, 3.63) is 27.3 Å². The highest BCUT2D eigenvalue weighted by atomic mass is 127. The van der Waals surface area contributed by atoms with Gasteiger partial charge in [0.05, 0.1) is 6.10 Å². The summed E-state index contributed by atoms with van der Waals surface area (Å²) in [7, 11) is 0. The van der Waals surface area contributed by atoms with E-state index in [0.717, 1.165) is 14.8 Å². The number of aliphatic hydroxyl groups is 1. The molecule has 0 saturated heterocycles. The second kappa shape index (κ2) is 5.50. The van der Waals surface area contributed by atoms with Gasteiger partial charge in [-0.2, -0.15) is 0 Å². The van der Waals surface area contributed by atoms with Gasteiger partial charge >= 0.3 is 0 Å². The molecule has 0 heterocycles. The molecule has 0 aliphatic carbocycles. The Bertz CT molecular complexity index is 306. The van der Waals surface area contributed by atoms with E-state index in [2.05, 4.69) is 27.9 Å². The van der Waals surface area contributed by atoms with E-state index in [1.165, 1.54) is 0 Å². The van der Waals surface area contributed by atoms with Crippen LogP contribution in [0.3, 0.4) is 0 Å². The minimum Gasteiger partial charge on any atom is -0.389 e. The number of hydrogen-bond acceptors (Lipinski definition) is 2. The van der Waals surface area contributed by atoms with Crippen molar-refractivity contribution in [2.45, 2.75) is 13.0 Å². The molecule has 1 aromatic carbocycles. The minimum absolute atomic E-state index is 0.247. The predicted octanol–water partition coefficient (Wildman–Crippen LogP) is 2.34. The van der Waals surface area contributed by atoms with Gasteiger partial charge < -0.3 is 10.4 Å². The molecule has 4 heteroatoms. The van der Waals surface area contributed by atoms with E-state index in [9.17, 15) is 4.39 Å². The van der Waals surface area contributed by atoms with E-state index in [0.29, 0.717) is 0 Å². The Kier molecular flexibility index (Phi) is 4.60. The van der Waals surface area contributed by atoms with Crippen LogP contribution in [0.25, 0.3) is 0 Å². The molecule has 0 radical (unpaired) electrons. The smallest absolute Gasteiger partial charge is 0.117 e. The Balaban J connectivity index is 2.63. The van der Waals surface area contributed by atoms with Crippen LogP contribution in [-0.2, 0) is 0 Å². The van der Waals surface area contributed by atoms with Gasteiger partial charge in [0.15, 0.2) is 0 Å². The molecule has 1 aromatic rings. The van der Waals surface area contributed by atoms with E-state index in [-0.39, 0.29) is 6.54 Å². The zero-order valence-electron chi connectivity index (χ0n) is 7.93. The highest BCUT2D eigenvalue weighted by Crippen LogP contribution is 2.20. The number of anilines is 1. The molecule has 1 rings (SSSR count). The first-order chi connectivity index (χ1) is 6.65. The zero-order chi connectivity index (χ0) is 10.6. The maximum absolute atomic E-state index is 12.0. The fourth-order valence-electron chi connectivity index (χ4n) is 1.08. The third-order valence-corrected chi connectivity index (χ3v) is 3.14. The highest BCUT2D eigenvalue weighted by molar-refractivity contribution is 14.1. The summed E-state index contributed by atoms with van der Waals surface area (Å²) in [6.45, 7) is 1.53. The number of hydrogen-bond donors (Lipinski definition) is 2. The maximum Gasteiger partial charge on any atom is 0.117 e.